The van der Waals surface area contributed by atoms with Crippen molar-refractivity contribution in [2.75, 3.05) is 33.3 Å². The molecule has 2 aromatic carbocycles. The number of carbonyl (C=O) groups is 2. The third-order valence-corrected chi connectivity index (χ3v) is 5.95. The topological polar surface area (TPSA) is 67.7 Å². The van der Waals surface area contributed by atoms with Gasteiger partial charge in [-0.15, -0.1) is 0 Å². The van der Waals surface area contributed by atoms with Gasteiger partial charge in [0.15, 0.2) is 0 Å². The first-order valence-corrected chi connectivity index (χ1v) is 10.9. The second kappa shape index (κ2) is 9.87. The number of amides is 2. The van der Waals surface area contributed by atoms with Crippen molar-refractivity contribution in [2.24, 2.45) is 0 Å². The number of halogens is 1. The fourth-order valence-electron chi connectivity index (χ4n) is 3.77. The van der Waals surface area contributed by atoms with Crippen molar-refractivity contribution >= 4 is 23.4 Å². The van der Waals surface area contributed by atoms with Gasteiger partial charge < -0.3 is 14.5 Å². The van der Waals surface area contributed by atoms with Crippen molar-refractivity contribution in [2.45, 2.75) is 13.0 Å². The van der Waals surface area contributed by atoms with Gasteiger partial charge in [0.25, 0.3) is 5.91 Å². The van der Waals surface area contributed by atoms with Gasteiger partial charge in [0.1, 0.15) is 5.75 Å². The molecule has 0 unspecified atom stereocenters. The lowest BCUT2D eigenvalue weighted by molar-refractivity contribution is -0.131. The zero-order valence-corrected chi connectivity index (χ0v) is 18.7. The maximum Gasteiger partial charge on any atom is 0.257 e. The first-order chi connectivity index (χ1) is 15.5. The Kier molecular flexibility index (Phi) is 6.75. The summed E-state index contributed by atoms with van der Waals surface area (Å²) in [6.45, 7) is 2.53. The third kappa shape index (κ3) is 5.11. The molecule has 0 N–H and O–H groups in total. The van der Waals surface area contributed by atoms with E-state index in [0.717, 1.165) is 16.9 Å². The van der Waals surface area contributed by atoms with Crippen molar-refractivity contribution < 1.29 is 14.3 Å². The van der Waals surface area contributed by atoms with Gasteiger partial charge in [-0.3, -0.25) is 14.3 Å². The maximum absolute atomic E-state index is 12.9. The number of carbonyl (C=O) groups excluding carboxylic acids is 2. The fraction of sp³-hybridized carbons (Fsp3) is 0.292. The van der Waals surface area contributed by atoms with Gasteiger partial charge >= 0.3 is 0 Å². The van der Waals surface area contributed by atoms with Gasteiger partial charge in [0.2, 0.25) is 5.91 Å². The molecule has 32 heavy (non-hydrogen) atoms. The number of nitrogens with zero attached hydrogens (tertiary/aromatic N) is 4. The largest absolute Gasteiger partial charge is 0.497 e. The van der Waals surface area contributed by atoms with E-state index in [4.69, 9.17) is 16.3 Å². The van der Waals surface area contributed by atoms with Gasteiger partial charge in [0, 0.05) is 37.4 Å². The van der Waals surface area contributed by atoms with Gasteiger partial charge in [-0.1, -0.05) is 41.9 Å². The third-order valence-electron chi connectivity index (χ3n) is 5.58. The highest BCUT2D eigenvalue weighted by Gasteiger charge is 2.25. The van der Waals surface area contributed by atoms with Crippen LogP contribution in [0.25, 0.3) is 0 Å². The summed E-state index contributed by atoms with van der Waals surface area (Å²) in [5.41, 5.74) is 2.39. The molecular weight excluding hydrogens is 428 g/mol. The lowest BCUT2D eigenvalue weighted by Gasteiger charge is -2.34. The van der Waals surface area contributed by atoms with Gasteiger partial charge in [-0.25, -0.2) is 0 Å². The van der Waals surface area contributed by atoms with E-state index < -0.39 is 0 Å². The summed E-state index contributed by atoms with van der Waals surface area (Å²) in [5, 5.41) is 4.98. The average molecular weight is 453 g/mol. The molecule has 0 atom stereocenters. The number of piperazine rings is 1. The van der Waals surface area contributed by atoms with Gasteiger partial charge in [0.05, 0.1) is 31.8 Å². The minimum Gasteiger partial charge on any atom is -0.497 e. The van der Waals surface area contributed by atoms with Crippen LogP contribution in [0.1, 0.15) is 21.5 Å². The van der Waals surface area contributed by atoms with Crippen molar-refractivity contribution in [3.05, 3.63) is 82.6 Å². The Morgan fingerprint density at radius 1 is 1.03 bits per heavy atom. The molecule has 1 aliphatic rings. The monoisotopic (exact) mass is 452 g/mol. The summed E-state index contributed by atoms with van der Waals surface area (Å²) in [4.78, 5) is 29.2. The highest BCUT2D eigenvalue weighted by molar-refractivity contribution is 6.31. The second-order valence-corrected chi connectivity index (χ2v) is 8.13. The fourth-order valence-corrected chi connectivity index (χ4v) is 3.97. The highest BCUT2D eigenvalue weighted by atomic mass is 35.5. The lowest BCUT2D eigenvalue weighted by atomic mass is 10.1. The molecule has 8 heteroatoms. The smallest absolute Gasteiger partial charge is 0.257 e. The first-order valence-electron chi connectivity index (χ1n) is 10.5. The number of ether oxygens (including phenoxy) is 1. The molecular formula is C24H25ClN4O3. The molecule has 0 radical (unpaired) electrons. The number of hydrogen-bond acceptors (Lipinski definition) is 4. The Bertz CT molecular complexity index is 1110. The number of aromatic nitrogens is 2. The summed E-state index contributed by atoms with van der Waals surface area (Å²) in [5.74, 6) is 0.717. The summed E-state index contributed by atoms with van der Waals surface area (Å²) >= 11 is 6.22. The second-order valence-electron chi connectivity index (χ2n) is 7.72. The van der Waals surface area contributed by atoms with Crippen LogP contribution in [0.5, 0.6) is 5.75 Å². The van der Waals surface area contributed by atoms with E-state index in [9.17, 15) is 9.59 Å². The molecule has 1 saturated heterocycles. The molecule has 0 bridgehead atoms. The van der Waals surface area contributed by atoms with Crippen LogP contribution in [-0.4, -0.2) is 64.7 Å². The van der Waals surface area contributed by atoms with Crippen molar-refractivity contribution in [3.63, 3.8) is 0 Å². The molecule has 0 aliphatic carbocycles. The van der Waals surface area contributed by atoms with Crippen molar-refractivity contribution in [3.8, 4) is 5.75 Å². The molecule has 0 spiro atoms. The van der Waals surface area contributed by atoms with E-state index in [-0.39, 0.29) is 11.8 Å². The zero-order chi connectivity index (χ0) is 22.5. The molecule has 1 aromatic heterocycles. The standard InChI is InChI=1S/C24H25ClN4O3/c1-32-21-7-4-5-18(13-21)14-23(30)27-9-11-28(12-10-27)24(31)20-15-26-29(17-20)16-19-6-2-3-8-22(19)25/h2-8,13,15,17H,9-12,14,16H2,1H3. The zero-order valence-electron chi connectivity index (χ0n) is 17.9. The predicted molar refractivity (Wildman–Crippen MR) is 122 cm³/mol. The number of benzene rings is 2. The summed E-state index contributed by atoms with van der Waals surface area (Å²) < 4.78 is 6.93. The first kappa shape index (κ1) is 21.9. The van der Waals surface area contributed by atoms with Crippen LogP contribution in [0.15, 0.2) is 60.9 Å². The SMILES string of the molecule is COc1cccc(CC(=O)N2CCN(C(=O)c3cnn(Cc4ccccc4Cl)c3)CC2)c1. The van der Waals surface area contributed by atoms with E-state index in [1.54, 1.807) is 29.1 Å². The molecule has 166 valence electrons. The van der Waals surface area contributed by atoms with E-state index in [2.05, 4.69) is 5.10 Å². The van der Waals surface area contributed by atoms with Crippen LogP contribution in [-0.2, 0) is 17.8 Å². The van der Waals surface area contributed by atoms with Crippen LogP contribution in [0, 0.1) is 0 Å². The van der Waals surface area contributed by atoms with Crippen LogP contribution >= 0.6 is 11.6 Å². The highest BCUT2D eigenvalue weighted by Crippen LogP contribution is 2.17. The number of methoxy groups -OCH3 is 1. The quantitative estimate of drug-likeness (QED) is 0.576. The Hall–Kier alpha value is -3.32. The molecule has 1 aliphatic heterocycles. The minimum atomic E-state index is -0.0738. The molecule has 1 fully saturated rings. The summed E-state index contributed by atoms with van der Waals surface area (Å²) in [6.07, 6.45) is 3.64. The summed E-state index contributed by atoms with van der Waals surface area (Å²) in [6, 6.07) is 15.1. The molecule has 4 rings (SSSR count). The van der Waals surface area contributed by atoms with Gasteiger partial charge in [-0.05, 0) is 29.3 Å². The minimum absolute atomic E-state index is 0.0536. The van der Waals surface area contributed by atoms with Crippen molar-refractivity contribution in [1.29, 1.82) is 0 Å². The average Bonchev–Trinajstić information content (AvgIpc) is 3.29. The van der Waals surface area contributed by atoms with Gasteiger partial charge in [-0.2, -0.15) is 5.10 Å². The van der Waals surface area contributed by atoms with E-state index in [1.807, 2.05) is 53.4 Å². The molecule has 2 heterocycles. The Morgan fingerprint density at radius 2 is 1.78 bits per heavy atom. The normalized spacial score (nSPS) is 13.8. The Labute approximate surface area is 192 Å². The lowest BCUT2D eigenvalue weighted by Crippen LogP contribution is -2.50. The Balaban J connectivity index is 1.31. The predicted octanol–water partition coefficient (Wildman–Crippen LogP) is 3.12. The maximum atomic E-state index is 12.9. The molecule has 3 aromatic rings. The summed E-state index contributed by atoms with van der Waals surface area (Å²) in [7, 11) is 1.61. The number of rotatable bonds is 6. The van der Waals surface area contributed by atoms with E-state index >= 15 is 0 Å². The van der Waals surface area contributed by atoms with E-state index in [1.165, 1.54) is 0 Å². The van der Waals surface area contributed by atoms with E-state index in [0.29, 0.717) is 49.7 Å². The molecule has 2 amide bonds. The Morgan fingerprint density at radius 3 is 2.53 bits per heavy atom. The number of hydrogen-bond donors (Lipinski definition) is 0. The molecule has 7 nitrogen and oxygen atoms in total. The van der Waals surface area contributed by atoms with Crippen LogP contribution in [0.4, 0.5) is 0 Å². The van der Waals surface area contributed by atoms with Crippen molar-refractivity contribution in [1.82, 2.24) is 19.6 Å². The molecule has 0 saturated carbocycles. The van der Waals surface area contributed by atoms with Crippen LogP contribution in [0.3, 0.4) is 0 Å². The van der Waals surface area contributed by atoms with Crippen LogP contribution in [0.2, 0.25) is 5.02 Å². The van der Waals surface area contributed by atoms with Crippen LogP contribution < -0.4 is 4.74 Å².